The summed E-state index contributed by atoms with van der Waals surface area (Å²) in [5.74, 6) is 0.0770. The zero-order valence-corrected chi connectivity index (χ0v) is 18.1. The monoisotopic (exact) mass is 413 g/mol. The van der Waals surface area contributed by atoms with E-state index < -0.39 is 10.0 Å². The zero-order chi connectivity index (χ0) is 21.2. The summed E-state index contributed by atoms with van der Waals surface area (Å²) < 4.78 is 30.2. The van der Waals surface area contributed by atoms with Crippen molar-refractivity contribution in [1.82, 2.24) is 0 Å². The number of nitrogens with zero attached hydrogens (tertiary/aromatic N) is 2. The Kier molecular flexibility index (Phi) is 6.07. The smallest absolute Gasteiger partial charge is 0.286 e. The summed E-state index contributed by atoms with van der Waals surface area (Å²) >= 11 is 0. The molecule has 0 aromatic heterocycles. The van der Waals surface area contributed by atoms with Gasteiger partial charge in [-0.3, -0.25) is 4.79 Å². The van der Waals surface area contributed by atoms with Crippen molar-refractivity contribution in [2.45, 2.75) is 45.4 Å². The summed E-state index contributed by atoms with van der Waals surface area (Å²) in [5.41, 5.74) is 2.85. The number of fused-ring (bicyclic) bond motifs is 1. The SMILES string of the molecule is CCCCN1C(c2cccc(C)c2)=NS(=O)(=O)c2cc(NC(=O)C(C)C)ccc21. The van der Waals surface area contributed by atoms with Crippen LogP contribution < -0.4 is 10.2 Å². The molecule has 154 valence electrons. The summed E-state index contributed by atoms with van der Waals surface area (Å²) in [4.78, 5) is 14.1. The fourth-order valence-electron chi connectivity index (χ4n) is 3.17. The van der Waals surface area contributed by atoms with Gasteiger partial charge in [-0.25, -0.2) is 0 Å². The molecule has 0 atom stereocenters. The quantitative estimate of drug-likeness (QED) is 0.764. The Morgan fingerprint density at radius 1 is 1.17 bits per heavy atom. The van der Waals surface area contributed by atoms with Crippen molar-refractivity contribution < 1.29 is 13.2 Å². The van der Waals surface area contributed by atoms with Gasteiger partial charge in [-0.1, -0.05) is 51.0 Å². The Morgan fingerprint density at radius 3 is 2.59 bits per heavy atom. The summed E-state index contributed by atoms with van der Waals surface area (Å²) in [5, 5.41) is 2.77. The van der Waals surface area contributed by atoms with Crippen molar-refractivity contribution in [2.24, 2.45) is 10.3 Å². The molecule has 0 unspecified atom stereocenters. The van der Waals surface area contributed by atoms with E-state index in [0.29, 0.717) is 23.8 Å². The number of benzene rings is 2. The molecule has 0 saturated heterocycles. The third-order valence-electron chi connectivity index (χ3n) is 4.79. The maximum absolute atomic E-state index is 13.0. The maximum Gasteiger partial charge on any atom is 0.286 e. The highest BCUT2D eigenvalue weighted by atomic mass is 32.2. The first-order valence-corrected chi connectivity index (χ1v) is 11.3. The Hall–Kier alpha value is -2.67. The highest BCUT2D eigenvalue weighted by Gasteiger charge is 2.31. The molecule has 2 aromatic carbocycles. The van der Waals surface area contributed by atoms with Gasteiger partial charge in [0, 0.05) is 23.7 Å². The second-order valence-corrected chi connectivity index (χ2v) is 9.16. The van der Waals surface area contributed by atoms with Gasteiger partial charge >= 0.3 is 0 Å². The molecular weight excluding hydrogens is 386 g/mol. The number of amidine groups is 1. The number of amides is 1. The van der Waals surface area contributed by atoms with Gasteiger partial charge in [-0.2, -0.15) is 8.42 Å². The van der Waals surface area contributed by atoms with Crippen molar-refractivity contribution in [3.05, 3.63) is 53.6 Å². The van der Waals surface area contributed by atoms with Crippen LogP contribution in [0.25, 0.3) is 0 Å². The van der Waals surface area contributed by atoms with E-state index >= 15 is 0 Å². The Balaban J connectivity index is 2.10. The van der Waals surface area contributed by atoms with Crippen LogP contribution in [0.2, 0.25) is 0 Å². The molecule has 1 N–H and O–H groups in total. The summed E-state index contributed by atoms with van der Waals surface area (Å²) in [6.07, 6.45) is 1.87. The van der Waals surface area contributed by atoms with Crippen LogP contribution in [0, 0.1) is 12.8 Å². The molecule has 0 aliphatic carbocycles. The first kappa shape index (κ1) is 21.0. The molecule has 0 saturated carbocycles. The van der Waals surface area contributed by atoms with E-state index in [1.165, 1.54) is 6.07 Å². The van der Waals surface area contributed by atoms with Crippen molar-refractivity contribution in [2.75, 3.05) is 16.8 Å². The molecule has 1 heterocycles. The second-order valence-electron chi connectivity index (χ2n) is 7.59. The molecule has 1 aliphatic heterocycles. The average molecular weight is 414 g/mol. The average Bonchev–Trinajstić information content (AvgIpc) is 2.67. The fraction of sp³-hybridized carbons (Fsp3) is 0.364. The van der Waals surface area contributed by atoms with Gasteiger partial charge in [0.15, 0.2) is 5.84 Å². The molecular formula is C22H27N3O3S. The van der Waals surface area contributed by atoms with Gasteiger partial charge in [0.05, 0.1) is 5.69 Å². The van der Waals surface area contributed by atoms with Crippen LogP contribution >= 0.6 is 0 Å². The molecule has 0 fully saturated rings. The zero-order valence-electron chi connectivity index (χ0n) is 17.3. The van der Waals surface area contributed by atoms with Crippen LogP contribution in [0.15, 0.2) is 51.8 Å². The molecule has 1 amide bonds. The summed E-state index contributed by atoms with van der Waals surface area (Å²) in [7, 11) is -3.89. The van der Waals surface area contributed by atoms with Crippen LogP contribution in [0.4, 0.5) is 11.4 Å². The van der Waals surface area contributed by atoms with Gasteiger partial charge in [-0.15, -0.1) is 4.40 Å². The lowest BCUT2D eigenvalue weighted by Crippen LogP contribution is -2.37. The van der Waals surface area contributed by atoms with Crippen molar-refractivity contribution >= 4 is 33.1 Å². The van der Waals surface area contributed by atoms with Crippen LogP contribution in [-0.2, 0) is 14.8 Å². The van der Waals surface area contributed by atoms with E-state index in [9.17, 15) is 13.2 Å². The van der Waals surface area contributed by atoms with E-state index in [4.69, 9.17) is 0 Å². The minimum absolute atomic E-state index is 0.117. The topological polar surface area (TPSA) is 78.8 Å². The third kappa shape index (κ3) is 4.50. The van der Waals surface area contributed by atoms with Crippen LogP contribution in [0.5, 0.6) is 0 Å². The van der Waals surface area contributed by atoms with E-state index in [1.54, 1.807) is 26.0 Å². The number of aryl methyl sites for hydroxylation is 1. The lowest BCUT2D eigenvalue weighted by molar-refractivity contribution is -0.118. The van der Waals surface area contributed by atoms with Crippen molar-refractivity contribution in [3.8, 4) is 0 Å². The molecule has 0 spiro atoms. The number of sulfonamides is 1. The first-order valence-electron chi connectivity index (χ1n) is 9.87. The number of rotatable bonds is 6. The van der Waals surface area contributed by atoms with Gasteiger partial charge in [0.2, 0.25) is 5.91 Å². The van der Waals surface area contributed by atoms with Crippen LogP contribution in [-0.4, -0.2) is 26.7 Å². The maximum atomic E-state index is 13.0. The second kappa shape index (κ2) is 8.37. The number of hydrogen-bond acceptors (Lipinski definition) is 4. The van der Waals surface area contributed by atoms with E-state index in [-0.39, 0.29) is 16.7 Å². The Bertz CT molecular complexity index is 1060. The number of hydrogen-bond donors (Lipinski definition) is 1. The fourth-order valence-corrected chi connectivity index (χ4v) is 4.42. The van der Waals surface area contributed by atoms with E-state index in [0.717, 1.165) is 24.0 Å². The summed E-state index contributed by atoms with van der Waals surface area (Å²) in [6.45, 7) is 8.29. The number of nitrogens with one attached hydrogen (secondary N) is 1. The normalized spacial score (nSPS) is 15.1. The highest BCUT2D eigenvalue weighted by Crippen LogP contribution is 2.35. The lowest BCUT2D eigenvalue weighted by Gasteiger charge is -2.31. The molecule has 3 rings (SSSR count). The third-order valence-corrected chi connectivity index (χ3v) is 6.09. The van der Waals surface area contributed by atoms with Crippen molar-refractivity contribution in [3.63, 3.8) is 0 Å². The van der Waals surface area contributed by atoms with Gasteiger partial charge < -0.3 is 10.2 Å². The van der Waals surface area contributed by atoms with E-state index in [1.807, 2.05) is 36.1 Å². The molecule has 0 radical (unpaired) electrons. The summed E-state index contributed by atoms with van der Waals surface area (Å²) in [6, 6.07) is 12.7. The van der Waals surface area contributed by atoms with Crippen LogP contribution in [0.1, 0.15) is 44.7 Å². The largest absolute Gasteiger partial charge is 0.326 e. The number of carbonyl (C=O) groups excluding carboxylic acids is 1. The molecule has 1 aliphatic rings. The van der Waals surface area contributed by atoms with Gasteiger partial charge in [0.1, 0.15) is 4.90 Å². The Morgan fingerprint density at radius 2 is 1.93 bits per heavy atom. The number of anilines is 2. The predicted octanol–water partition coefficient (Wildman–Crippen LogP) is 4.35. The first-order chi connectivity index (χ1) is 13.7. The van der Waals surface area contributed by atoms with Gasteiger partial charge in [-0.05, 0) is 37.6 Å². The van der Waals surface area contributed by atoms with Crippen molar-refractivity contribution in [1.29, 1.82) is 0 Å². The minimum atomic E-state index is -3.89. The molecule has 2 aromatic rings. The standard InChI is InChI=1S/C22H27N3O3S/c1-5-6-12-25-19-11-10-18(23-22(26)15(2)3)14-20(19)29(27,28)24-21(25)17-9-7-8-16(4)13-17/h7-11,13-15H,5-6,12H2,1-4H3,(H,23,26). The number of carbonyl (C=O) groups is 1. The van der Waals surface area contributed by atoms with E-state index in [2.05, 4.69) is 16.6 Å². The molecule has 7 heteroatoms. The Labute approximate surface area is 172 Å². The van der Waals surface area contributed by atoms with Gasteiger partial charge in [0.25, 0.3) is 10.0 Å². The molecule has 6 nitrogen and oxygen atoms in total. The predicted molar refractivity (Wildman–Crippen MR) is 117 cm³/mol. The lowest BCUT2D eigenvalue weighted by atomic mass is 10.1. The molecule has 29 heavy (non-hydrogen) atoms. The minimum Gasteiger partial charge on any atom is -0.326 e. The molecule has 0 bridgehead atoms. The number of unbranched alkanes of at least 4 members (excludes halogenated alkanes) is 1. The highest BCUT2D eigenvalue weighted by molar-refractivity contribution is 7.90. The van der Waals surface area contributed by atoms with Crippen LogP contribution in [0.3, 0.4) is 0 Å².